The molecule has 2 heterocycles. The van der Waals surface area contributed by atoms with E-state index in [1.54, 1.807) is 40.7 Å². The van der Waals surface area contributed by atoms with Gasteiger partial charge in [0.1, 0.15) is 18.1 Å². The first-order valence-electron chi connectivity index (χ1n) is 7.84. The van der Waals surface area contributed by atoms with Crippen LogP contribution in [0.15, 0.2) is 45.7 Å². The smallest absolute Gasteiger partial charge is 0.243 e. The van der Waals surface area contributed by atoms with Gasteiger partial charge in [-0.3, -0.25) is 0 Å². The highest BCUT2D eigenvalue weighted by Gasteiger charge is 2.30. The molecule has 1 aliphatic heterocycles. The predicted molar refractivity (Wildman–Crippen MR) is 87.3 cm³/mol. The Labute approximate surface area is 136 Å². The number of aliphatic hydroxyl groups is 1. The van der Waals surface area contributed by atoms with Crippen molar-refractivity contribution in [2.24, 2.45) is 0 Å². The van der Waals surface area contributed by atoms with Crippen LogP contribution in [-0.2, 0) is 16.6 Å². The lowest BCUT2D eigenvalue weighted by atomic mass is 10.1. The number of hydrogen-bond donors (Lipinski definition) is 1. The number of nitrogens with zero attached hydrogens (tertiary/aromatic N) is 1. The number of benzene rings is 1. The maximum Gasteiger partial charge on any atom is 0.243 e. The van der Waals surface area contributed by atoms with E-state index in [-0.39, 0.29) is 12.6 Å². The van der Waals surface area contributed by atoms with Gasteiger partial charge in [-0.05, 0) is 56.2 Å². The molecule has 0 amide bonds. The first-order chi connectivity index (χ1) is 11.0. The van der Waals surface area contributed by atoms with Gasteiger partial charge in [0.2, 0.25) is 10.0 Å². The zero-order valence-corrected chi connectivity index (χ0v) is 13.9. The molecule has 1 fully saturated rings. The Morgan fingerprint density at radius 1 is 1.17 bits per heavy atom. The van der Waals surface area contributed by atoms with Crippen LogP contribution in [0.25, 0.3) is 11.3 Å². The van der Waals surface area contributed by atoms with Crippen molar-refractivity contribution in [1.82, 2.24) is 4.31 Å². The normalized spacial score (nSPS) is 19.8. The molecule has 6 heteroatoms. The van der Waals surface area contributed by atoms with Crippen molar-refractivity contribution in [3.63, 3.8) is 0 Å². The molecule has 1 N–H and O–H groups in total. The van der Waals surface area contributed by atoms with Crippen LogP contribution in [0.4, 0.5) is 0 Å². The zero-order valence-electron chi connectivity index (χ0n) is 13.1. The van der Waals surface area contributed by atoms with Crippen LogP contribution in [0.2, 0.25) is 0 Å². The summed E-state index contributed by atoms with van der Waals surface area (Å²) in [5.41, 5.74) is 0.787. The fourth-order valence-corrected chi connectivity index (χ4v) is 4.67. The lowest BCUT2D eigenvalue weighted by Gasteiger charge is -2.32. The maximum absolute atomic E-state index is 12.8. The fourth-order valence-electron chi connectivity index (χ4n) is 2.97. The van der Waals surface area contributed by atoms with Gasteiger partial charge in [-0.25, -0.2) is 8.42 Å². The van der Waals surface area contributed by atoms with E-state index in [0.717, 1.165) is 24.8 Å². The lowest BCUT2D eigenvalue weighted by molar-refractivity contribution is 0.248. The number of rotatable bonds is 4. The molecule has 23 heavy (non-hydrogen) atoms. The molecule has 0 radical (unpaired) electrons. The zero-order chi connectivity index (χ0) is 16.4. The standard InChI is InChI=1S/C17H21NO4S/c1-13-4-2-3-11-18(13)23(20,21)16-8-5-14(6-9-16)17-10-7-15(12-19)22-17/h5-10,13,19H,2-4,11-12H2,1H3/t13-/m1/s1. The summed E-state index contributed by atoms with van der Waals surface area (Å²) >= 11 is 0. The summed E-state index contributed by atoms with van der Waals surface area (Å²) in [4.78, 5) is 0.309. The monoisotopic (exact) mass is 335 g/mol. The van der Waals surface area contributed by atoms with E-state index in [1.807, 2.05) is 6.92 Å². The van der Waals surface area contributed by atoms with Gasteiger partial charge >= 0.3 is 0 Å². The Balaban J connectivity index is 1.86. The molecule has 1 saturated heterocycles. The van der Waals surface area contributed by atoms with Gasteiger partial charge in [0.05, 0.1) is 4.90 Å². The van der Waals surface area contributed by atoms with E-state index in [9.17, 15) is 8.42 Å². The number of sulfonamides is 1. The molecule has 0 aliphatic carbocycles. The van der Waals surface area contributed by atoms with Crippen molar-refractivity contribution in [1.29, 1.82) is 0 Å². The minimum Gasteiger partial charge on any atom is -0.459 e. The molecule has 1 atom stereocenters. The van der Waals surface area contributed by atoms with Gasteiger partial charge in [-0.1, -0.05) is 6.42 Å². The van der Waals surface area contributed by atoms with E-state index in [4.69, 9.17) is 9.52 Å². The Kier molecular flexibility index (Phi) is 4.57. The number of hydrogen-bond acceptors (Lipinski definition) is 4. The molecule has 5 nitrogen and oxygen atoms in total. The summed E-state index contributed by atoms with van der Waals surface area (Å²) in [6, 6.07) is 10.2. The number of piperidine rings is 1. The highest BCUT2D eigenvalue weighted by molar-refractivity contribution is 7.89. The van der Waals surface area contributed by atoms with Gasteiger partial charge in [0.25, 0.3) is 0 Å². The lowest BCUT2D eigenvalue weighted by Crippen LogP contribution is -2.41. The molecule has 0 bridgehead atoms. The number of aliphatic hydroxyl groups excluding tert-OH is 1. The van der Waals surface area contributed by atoms with Crippen LogP contribution >= 0.6 is 0 Å². The molecule has 1 aliphatic rings. The van der Waals surface area contributed by atoms with Crippen molar-refractivity contribution in [2.75, 3.05) is 6.54 Å². The third-order valence-electron chi connectivity index (χ3n) is 4.30. The average Bonchev–Trinajstić information content (AvgIpc) is 3.04. The van der Waals surface area contributed by atoms with Gasteiger partial charge in [0.15, 0.2) is 0 Å². The predicted octanol–water partition coefficient (Wildman–Crippen LogP) is 3.00. The summed E-state index contributed by atoms with van der Waals surface area (Å²) < 4.78 is 32.6. The van der Waals surface area contributed by atoms with Crippen LogP contribution in [0.3, 0.4) is 0 Å². The van der Waals surface area contributed by atoms with E-state index < -0.39 is 10.0 Å². The van der Waals surface area contributed by atoms with Gasteiger partial charge in [-0.2, -0.15) is 4.31 Å². The second kappa shape index (κ2) is 6.47. The van der Waals surface area contributed by atoms with E-state index in [2.05, 4.69) is 0 Å². The molecule has 1 aromatic carbocycles. The average molecular weight is 335 g/mol. The fraction of sp³-hybridized carbons (Fsp3) is 0.412. The van der Waals surface area contributed by atoms with E-state index in [1.165, 1.54) is 0 Å². The third-order valence-corrected chi connectivity index (χ3v) is 6.33. The topological polar surface area (TPSA) is 70.8 Å². The molecule has 3 rings (SSSR count). The first-order valence-corrected chi connectivity index (χ1v) is 9.28. The van der Waals surface area contributed by atoms with Crippen molar-refractivity contribution < 1.29 is 17.9 Å². The van der Waals surface area contributed by atoms with Gasteiger partial charge < -0.3 is 9.52 Å². The quantitative estimate of drug-likeness (QED) is 0.932. The van der Waals surface area contributed by atoms with Crippen LogP contribution in [0, 0.1) is 0 Å². The summed E-state index contributed by atoms with van der Waals surface area (Å²) in [5.74, 6) is 1.10. The summed E-state index contributed by atoms with van der Waals surface area (Å²) in [6.45, 7) is 2.40. The molecule has 1 aromatic heterocycles. The Bertz CT molecular complexity index is 764. The molecule has 2 aromatic rings. The van der Waals surface area contributed by atoms with Crippen molar-refractivity contribution >= 4 is 10.0 Å². The molecular formula is C17H21NO4S. The minimum atomic E-state index is -3.45. The summed E-state index contributed by atoms with van der Waals surface area (Å²) in [5, 5.41) is 9.04. The molecule has 0 unspecified atom stereocenters. The van der Waals surface area contributed by atoms with E-state index >= 15 is 0 Å². The second-order valence-corrected chi connectivity index (χ2v) is 7.80. The SMILES string of the molecule is C[C@@H]1CCCCN1S(=O)(=O)c1ccc(-c2ccc(CO)o2)cc1. The van der Waals surface area contributed by atoms with Gasteiger partial charge in [-0.15, -0.1) is 0 Å². The van der Waals surface area contributed by atoms with Gasteiger partial charge in [0, 0.05) is 18.2 Å². The van der Waals surface area contributed by atoms with Crippen LogP contribution < -0.4 is 0 Å². The van der Waals surface area contributed by atoms with Crippen LogP contribution in [-0.4, -0.2) is 30.4 Å². The molecule has 124 valence electrons. The molecular weight excluding hydrogens is 314 g/mol. The Hall–Kier alpha value is -1.63. The van der Waals surface area contributed by atoms with Crippen LogP contribution in [0.1, 0.15) is 31.9 Å². The first kappa shape index (κ1) is 16.2. The summed E-state index contributed by atoms with van der Waals surface area (Å²) in [7, 11) is -3.45. The number of furan rings is 1. The van der Waals surface area contributed by atoms with Crippen LogP contribution in [0.5, 0.6) is 0 Å². The van der Waals surface area contributed by atoms with Crippen molar-refractivity contribution in [3.8, 4) is 11.3 Å². The third kappa shape index (κ3) is 3.20. The molecule has 0 saturated carbocycles. The van der Waals surface area contributed by atoms with E-state index in [0.29, 0.717) is 23.0 Å². The maximum atomic E-state index is 12.8. The Morgan fingerprint density at radius 3 is 2.52 bits per heavy atom. The largest absolute Gasteiger partial charge is 0.459 e. The highest BCUT2D eigenvalue weighted by atomic mass is 32.2. The van der Waals surface area contributed by atoms with Crippen molar-refractivity contribution in [3.05, 3.63) is 42.2 Å². The Morgan fingerprint density at radius 2 is 1.91 bits per heavy atom. The molecule has 0 spiro atoms. The summed E-state index contributed by atoms with van der Waals surface area (Å²) in [6.07, 6.45) is 2.91. The highest BCUT2D eigenvalue weighted by Crippen LogP contribution is 2.28. The minimum absolute atomic E-state index is 0.0469. The second-order valence-electron chi connectivity index (χ2n) is 5.91. The van der Waals surface area contributed by atoms with Crippen molar-refractivity contribution in [2.45, 2.75) is 43.7 Å².